The van der Waals surface area contributed by atoms with Crippen molar-refractivity contribution in [3.63, 3.8) is 0 Å². The van der Waals surface area contributed by atoms with E-state index < -0.39 is 5.97 Å². The molecular formula is C14H16N2O4. The standard InChI is InChI=1S/C14H16N2O4/c17-14(18)9-16(7-10-3-4-10)8-11-6-13(20-15-11)12-2-1-5-19-12/h1-2,5-6,10H,3-4,7-9H2,(H,17,18). The zero-order valence-electron chi connectivity index (χ0n) is 11.0. The quantitative estimate of drug-likeness (QED) is 0.835. The van der Waals surface area contributed by atoms with Crippen LogP contribution in [0.1, 0.15) is 18.5 Å². The molecule has 6 nitrogen and oxygen atoms in total. The van der Waals surface area contributed by atoms with E-state index in [9.17, 15) is 4.79 Å². The van der Waals surface area contributed by atoms with Crippen molar-refractivity contribution in [3.8, 4) is 11.5 Å². The Morgan fingerprint density at radius 1 is 1.45 bits per heavy atom. The lowest BCUT2D eigenvalue weighted by molar-refractivity contribution is -0.138. The lowest BCUT2D eigenvalue weighted by Gasteiger charge is -2.18. The first kappa shape index (κ1) is 12.9. The molecule has 0 spiro atoms. The van der Waals surface area contributed by atoms with Crippen LogP contribution in [0.15, 0.2) is 33.4 Å². The van der Waals surface area contributed by atoms with Gasteiger partial charge in [0.25, 0.3) is 0 Å². The largest absolute Gasteiger partial charge is 0.480 e. The van der Waals surface area contributed by atoms with Gasteiger partial charge in [-0.1, -0.05) is 5.16 Å². The molecule has 106 valence electrons. The minimum atomic E-state index is -0.819. The van der Waals surface area contributed by atoms with Gasteiger partial charge in [-0.15, -0.1) is 0 Å². The summed E-state index contributed by atoms with van der Waals surface area (Å²) in [5.41, 5.74) is 0.721. The molecule has 1 aliphatic carbocycles. The minimum Gasteiger partial charge on any atom is -0.480 e. The van der Waals surface area contributed by atoms with Crippen LogP contribution >= 0.6 is 0 Å². The third-order valence-electron chi connectivity index (χ3n) is 3.28. The van der Waals surface area contributed by atoms with Crippen molar-refractivity contribution in [1.29, 1.82) is 0 Å². The molecule has 0 amide bonds. The molecule has 0 saturated heterocycles. The van der Waals surface area contributed by atoms with Gasteiger partial charge in [0.1, 0.15) is 0 Å². The first-order chi connectivity index (χ1) is 9.70. The number of rotatable bonds is 7. The van der Waals surface area contributed by atoms with E-state index in [1.54, 1.807) is 24.5 Å². The normalized spacial score (nSPS) is 14.8. The number of aliphatic carboxylic acids is 1. The fraction of sp³-hybridized carbons (Fsp3) is 0.429. The lowest BCUT2D eigenvalue weighted by atomic mass is 10.3. The zero-order valence-corrected chi connectivity index (χ0v) is 11.0. The molecule has 0 bridgehead atoms. The predicted molar refractivity (Wildman–Crippen MR) is 69.8 cm³/mol. The summed E-state index contributed by atoms with van der Waals surface area (Å²) in [6, 6.07) is 5.37. The van der Waals surface area contributed by atoms with E-state index in [1.807, 2.05) is 4.90 Å². The molecule has 2 heterocycles. The summed E-state index contributed by atoms with van der Waals surface area (Å²) < 4.78 is 10.5. The van der Waals surface area contributed by atoms with E-state index in [4.69, 9.17) is 14.0 Å². The summed E-state index contributed by atoms with van der Waals surface area (Å²) in [5, 5.41) is 12.9. The first-order valence-corrected chi connectivity index (χ1v) is 6.64. The Morgan fingerprint density at radius 3 is 2.95 bits per heavy atom. The summed E-state index contributed by atoms with van der Waals surface area (Å²) in [6.07, 6.45) is 3.94. The highest BCUT2D eigenvalue weighted by Crippen LogP contribution is 2.30. The van der Waals surface area contributed by atoms with E-state index in [1.165, 1.54) is 12.8 Å². The van der Waals surface area contributed by atoms with Crippen molar-refractivity contribution >= 4 is 5.97 Å². The number of carboxylic acid groups (broad SMARTS) is 1. The van der Waals surface area contributed by atoms with Gasteiger partial charge < -0.3 is 14.0 Å². The smallest absolute Gasteiger partial charge is 0.317 e. The molecule has 0 aliphatic heterocycles. The third kappa shape index (κ3) is 3.27. The van der Waals surface area contributed by atoms with Gasteiger partial charge in [0.2, 0.25) is 5.76 Å². The van der Waals surface area contributed by atoms with Gasteiger partial charge in [0.05, 0.1) is 18.5 Å². The highest BCUT2D eigenvalue weighted by molar-refractivity contribution is 5.69. The number of carboxylic acids is 1. The fourth-order valence-corrected chi connectivity index (χ4v) is 2.19. The second-order valence-corrected chi connectivity index (χ2v) is 5.17. The van der Waals surface area contributed by atoms with Crippen LogP contribution in [-0.2, 0) is 11.3 Å². The average Bonchev–Trinajstić information content (AvgIpc) is 2.91. The molecule has 1 aliphatic rings. The van der Waals surface area contributed by atoms with Crippen molar-refractivity contribution in [3.05, 3.63) is 30.2 Å². The van der Waals surface area contributed by atoms with Crippen molar-refractivity contribution < 1.29 is 18.8 Å². The monoisotopic (exact) mass is 276 g/mol. The van der Waals surface area contributed by atoms with Crippen molar-refractivity contribution in [2.24, 2.45) is 5.92 Å². The van der Waals surface area contributed by atoms with Crippen LogP contribution in [0.2, 0.25) is 0 Å². The summed E-state index contributed by atoms with van der Waals surface area (Å²) in [5.74, 6) is 0.994. The highest BCUT2D eigenvalue weighted by atomic mass is 16.5. The van der Waals surface area contributed by atoms with Gasteiger partial charge in [-0.25, -0.2) is 0 Å². The minimum absolute atomic E-state index is 0.0272. The fourth-order valence-electron chi connectivity index (χ4n) is 2.19. The molecule has 2 aromatic rings. The van der Waals surface area contributed by atoms with Crippen LogP contribution in [0.5, 0.6) is 0 Å². The Kier molecular flexibility index (Phi) is 3.56. The van der Waals surface area contributed by atoms with Gasteiger partial charge in [0, 0.05) is 19.2 Å². The van der Waals surface area contributed by atoms with Crippen molar-refractivity contribution in [1.82, 2.24) is 10.1 Å². The number of nitrogens with zero attached hydrogens (tertiary/aromatic N) is 2. The van der Waals surface area contributed by atoms with E-state index in [0.29, 0.717) is 24.0 Å². The first-order valence-electron chi connectivity index (χ1n) is 6.64. The molecule has 1 fully saturated rings. The number of furan rings is 1. The molecule has 0 unspecified atom stereocenters. The van der Waals surface area contributed by atoms with E-state index in [2.05, 4.69) is 5.16 Å². The molecule has 2 aromatic heterocycles. The van der Waals surface area contributed by atoms with Crippen molar-refractivity contribution in [2.45, 2.75) is 19.4 Å². The van der Waals surface area contributed by atoms with Gasteiger partial charge in [0.15, 0.2) is 5.76 Å². The van der Waals surface area contributed by atoms with Crippen LogP contribution < -0.4 is 0 Å². The van der Waals surface area contributed by atoms with Crippen LogP contribution in [0.3, 0.4) is 0 Å². The summed E-state index contributed by atoms with van der Waals surface area (Å²) in [7, 11) is 0. The maximum Gasteiger partial charge on any atom is 0.317 e. The SMILES string of the molecule is O=C(O)CN(Cc1cc(-c2ccco2)on1)CC1CC1. The summed E-state index contributed by atoms with van der Waals surface area (Å²) in [4.78, 5) is 12.8. The van der Waals surface area contributed by atoms with E-state index in [0.717, 1.165) is 12.2 Å². The Balaban J connectivity index is 1.66. The molecule has 3 rings (SSSR count). The second-order valence-electron chi connectivity index (χ2n) is 5.17. The Morgan fingerprint density at radius 2 is 2.30 bits per heavy atom. The summed E-state index contributed by atoms with van der Waals surface area (Å²) in [6.45, 7) is 1.31. The van der Waals surface area contributed by atoms with Crippen LogP contribution in [0.4, 0.5) is 0 Å². The maximum absolute atomic E-state index is 10.9. The molecule has 0 radical (unpaired) electrons. The van der Waals surface area contributed by atoms with Gasteiger partial charge >= 0.3 is 5.97 Å². The van der Waals surface area contributed by atoms with E-state index >= 15 is 0 Å². The number of hydrogen-bond donors (Lipinski definition) is 1. The third-order valence-corrected chi connectivity index (χ3v) is 3.28. The molecule has 0 aromatic carbocycles. The Bertz CT molecular complexity index is 572. The molecule has 20 heavy (non-hydrogen) atoms. The maximum atomic E-state index is 10.9. The van der Waals surface area contributed by atoms with Crippen LogP contribution in [0, 0.1) is 5.92 Å². The predicted octanol–water partition coefficient (Wildman–Crippen LogP) is 2.23. The molecule has 0 atom stereocenters. The van der Waals surface area contributed by atoms with Crippen LogP contribution in [0.25, 0.3) is 11.5 Å². The molecule has 6 heteroatoms. The average molecular weight is 276 g/mol. The van der Waals surface area contributed by atoms with E-state index in [-0.39, 0.29) is 6.54 Å². The van der Waals surface area contributed by atoms with Crippen molar-refractivity contribution in [2.75, 3.05) is 13.1 Å². The highest BCUT2D eigenvalue weighted by Gasteiger charge is 2.26. The molecule has 1 saturated carbocycles. The number of hydrogen-bond acceptors (Lipinski definition) is 5. The zero-order chi connectivity index (χ0) is 13.9. The van der Waals surface area contributed by atoms with Gasteiger partial charge in [-0.05, 0) is 30.9 Å². The summed E-state index contributed by atoms with van der Waals surface area (Å²) >= 11 is 0. The van der Waals surface area contributed by atoms with Gasteiger partial charge in [-0.2, -0.15) is 0 Å². The Hall–Kier alpha value is -2.08. The lowest BCUT2D eigenvalue weighted by Crippen LogP contribution is -2.31. The number of carbonyl (C=O) groups is 1. The topological polar surface area (TPSA) is 79.7 Å². The van der Waals surface area contributed by atoms with Gasteiger partial charge in [-0.3, -0.25) is 9.69 Å². The Labute approximate surface area is 116 Å². The second kappa shape index (κ2) is 5.50. The van der Waals surface area contributed by atoms with Crippen LogP contribution in [-0.4, -0.2) is 34.2 Å². The molecular weight excluding hydrogens is 260 g/mol. The molecule has 1 N–H and O–H groups in total. The number of aromatic nitrogens is 1.